The Morgan fingerprint density at radius 2 is 2.50 bits per heavy atom. The first-order valence-corrected chi connectivity index (χ1v) is 2.39. The molecule has 0 fully saturated rings. The van der Waals surface area contributed by atoms with E-state index in [2.05, 4.69) is 11.6 Å². The lowest BCUT2D eigenvalue weighted by Crippen LogP contribution is -2.21. The Bertz CT molecular complexity index is 258. The molecular formula is C6H8N2. The fraction of sp³-hybridized carbons (Fsp3) is 0. The molecule has 1 heterocycles. The molecule has 0 spiro atoms. The van der Waals surface area contributed by atoms with Crippen molar-refractivity contribution >= 4 is 12.8 Å². The van der Waals surface area contributed by atoms with E-state index in [4.69, 9.17) is 5.73 Å². The first-order valence-electron chi connectivity index (χ1n) is 2.39. The van der Waals surface area contributed by atoms with E-state index in [0.29, 0.717) is 0 Å². The number of aromatic nitrogens is 1. The topological polar surface area (TPSA) is 41.8 Å². The van der Waals surface area contributed by atoms with Crippen LogP contribution in [-0.2, 0) is 0 Å². The summed E-state index contributed by atoms with van der Waals surface area (Å²) in [7, 11) is 0. The van der Waals surface area contributed by atoms with E-state index in [0.717, 1.165) is 10.6 Å². The number of nitrogens with two attached hydrogens (primary N) is 1. The highest BCUT2D eigenvalue weighted by molar-refractivity contribution is 5.19. The molecule has 1 aromatic heterocycles. The second-order valence-electron chi connectivity index (χ2n) is 1.58. The predicted molar refractivity (Wildman–Crippen MR) is 34.2 cm³/mol. The highest BCUT2D eigenvalue weighted by atomic mass is 14.6. The Morgan fingerprint density at radius 1 is 1.75 bits per heavy atom. The molecule has 0 aliphatic rings. The van der Waals surface area contributed by atoms with Gasteiger partial charge in [0.2, 0.25) is 0 Å². The predicted octanol–water partition coefficient (Wildman–Crippen LogP) is -0.878. The molecule has 0 bridgehead atoms. The Balaban J connectivity index is 3.55. The zero-order chi connectivity index (χ0) is 5.98. The molecule has 2 nitrogen and oxygen atoms in total. The molecular weight excluding hydrogens is 100 g/mol. The number of rotatable bonds is 0. The van der Waals surface area contributed by atoms with Crippen LogP contribution in [0, 0.1) is 0 Å². The number of aromatic amines is 1. The van der Waals surface area contributed by atoms with Crippen LogP contribution in [0.5, 0.6) is 0 Å². The van der Waals surface area contributed by atoms with Crippen LogP contribution in [0.1, 0.15) is 0 Å². The average Bonchev–Trinajstić information content (AvgIpc) is 2.14. The van der Waals surface area contributed by atoms with Crippen molar-refractivity contribution in [2.24, 2.45) is 5.73 Å². The number of hydrogen-bond donors (Lipinski definition) is 2. The van der Waals surface area contributed by atoms with Crippen LogP contribution < -0.4 is 16.3 Å². The van der Waals surface area contributed by atoms with Gasteiger partial charge in [0.05, 0.1) is 0 Å². The van der Waals surface area contributed by atoms with Gasteiger partial charge in [-0.1, -0.05) is 6.58 Å². The molecule has 2 heteroatoms. The molecule has 0 saturated heterocycles. The van der Waals surface area contributed by atoms with Crippen LogP contribution in [0.3, 0.4) is 0 Å². The Morgan fingerprint density at radius 3 is 2.75 bits per heavy atom. The third-order valence-electron chi connectivity index (χ3n) is 1.05. The van der Waals surface area contributed by atoms with Crippen LogP contribution in [0.25, 0.3) is 12.8 Å². The zero-order valence-electron chi connectivity index (χ0n) is 4.52. The highest BCUT2D eigenvalue weighted by Gasteiger charge is 1.75. The maximum Gasteiger partial charge on any atom is 0.0395 e. The molecule has 3 N–H and O–H groups in total. The fourth-order valence-electron chi connectivity index (χ4n) is 0.572. The van der Waals surface area contributed by atoms with Crippen molar-refractivity contribution in [1.82, 2.24) is 4.98 Å². The zero-order valence-corrected chi connectivity index (χ0v) is 4.52. The van der Waals surface area contributed by atoms with E-state index in [9.17, 15) is 0 Å². The maximum atomic E-state index is 5.21. The molecule has 0 aliphatic carbocycles. The Labute approximate surface area is 47.3 Å². The lowest BCUT2D eigenvalue weighted by atomic mass is 10.5. The monoisotopic (exact) mass is 108 g/mol. The summed E-state index contributed by atoms with van der Waals surface area (Å²) in [6.07, 6.45) is 3.33. The molecule has 0 saturated carbocycles. The summed E-state index contributed by atoms with van der Waals surface area (Å²) in [6.45, 7) is 3.68. The van der Waals surface area contributed by atoms with E-state index >= 15 is 0 Å². The van der Waals surface area contributed by atoms with Gasteiger partial charge in [-0.15, -0.1) is 0 Å². The van der Waals surface area contributed by atoms with Gasteiger partial charge in [-0.2, -0.15) is 0 Å². The molecule has 0 aliphatic heterocycles. The summed E-state index contributed by atoms with van der Waals surface area (Å²) < 4.78 is 0. The highest BCUT2D eigenvalue weighted by Crippen LogP contribution is 1.55. The van der Waals surface area contributed by atoms with Gasteiger partial charge in [-0.05, 0) is 6.07 Å². The summed E-state index contributed by atoms with van der Waals surface area (Å²) >= 11 is 0. The molecule has 1 rings (SSSR count). The van der Waals surface area contributed by atoms with Crippen molar-refractivity contribution < 1.29 is 0 Å². The summed E-state index contributed by atoms with van der Waals surface area (Å²) in [5, 5.41) is 1.83. The van der Waals surface area contributed by atoms with E-state index in [1.165, 1.54) is 6.20 Å². The van der Waals surface area contributed by atoms with E-state index in [1.807, 2.05) is 6.07 Å². The van der Waals surface area contributed by atoms with E-state index < -0.39 is 0 Å². The van der Waals surface area contributed by atoms with Gasteiger partial charge in [0.1, 0.15) is 0 Å². The second-order valence-corrected chi connectivity index (χ2v) is 1.58. The van der Waals surface area contributed by atoms with Crippen molar-refractivity contribution in [2.75, 3.05) is 0 Å². The summed E-state index contributed by atoms with van der Waals surface area (Å²) in [4.78, 5) is 2.90. The summed E-state index contributed by atoms with van der Waals surface area (Å²) in [6, 6.07) is 1.88. The van der Waals surface area contributed by atoms with Gasteiger partial charge in [-0.25, -0.2) is 0 Å². The van der Waals surface area contributed by atoms with Crippen LogP contribution in [0.2, 0.25) is 0 Å². The van der Waals surface area contributed by atoms with Crippen molar-refractivity contribution in [2.45, 2.75) is 0 Å². The van der Waals surface area contributed by atoms with Crippen LogP contribution in [0.15, 0.2) is 12.3 Å². The Hall–Kier alpha value is -1.18. The van der Waals surface area contributed by atoms with Gasteiger partial charge < -0.3 is 10.7 Å². The Kier molecular flexibility index (Phi) is 1.08. The number of nitrogens with one attached hydrogen (secondary N) is 1. The number of hydrogen-bond acceptors (Lipinski definition) is 1. The molecule has 1 aromatic rings. The minimum absolute atomic E-state index is 0.868. The van der Waals surface area contributed by atoms with E-state index in [1.54, 1.807) is 6.20 Å². The summed E-state index contributed by atoms with van der Waals surface area (Å²) in [5.74, 6) is 0. The summed E-state index contributed by atoms with van der Waals surface area (Å²) in [5.41, 5.74) is 5.21. The van der Waals surface area contributed by atoms with Crippen LogP contribution in [-0.4, -0.2) is 4.98 Å². The van der Waals surface area contributed by atoms with Crippen molar-refractivity contribution in [3.05, 3.63) is 22.8 Å². The molecule has 0 unspecified atom stereocenters. The van der Waals surface area contributed by atoms with Gasteiger partial charge in [0.25, 0.3) is 0 Å². The second kappa shape index (κ2) is 1.74. The fourth-order valence-corrected chi connectivity index (χ4v) is 0.572. The van der Waals surface area contributed by atoms with Gasteiger partial charge >= 0.3 is 0 Å². The van der Waals surface area contributed by atoms with Crippen LogP contribution >= 0.6 is 0 Å². The third kappa shape index (κ3) is 0.601. The molecule has 8 heavy (non-hydrogen) atoms. The molecule has 0 radical (unpaired) electrons. The quantitative estimate of drug-likeness (QED) is 0.445. The first kappa shape index (κ1) is 4.97. The average molecular weight is 108 g/mol. The van der Waals surface area contributed by atoms with Gasteiger partial charge in [-0.3, -0.25) is 0 Å². The smallest absolute Gasteiger partial charge is 0.0395 e. The van der Waals surface area contributed by atoms with Gasteiger partial charge in [0, 0.05) is 23.0 Å². The largest absolute Gasteiger partial charge is 0.404 e. The van der Waals surface area contributed by atoms with Crippen molar-refractivity contribution in [1.29, 1.82) is 0 Å². The molecule has 0 aromatic carbocycles. The number of H-pyrrole nitrogens is 1. The lowest BCUT2D eigenvalue weighted by molar-refractivity contribution is 1.32. The first-order chi connectivity index (χ1) is 3.84. The SMILES string of the molecule is C=c1[nH]cc/c1=C/N. The maximum absolute atomic E-state index is 5.21. The van der Waals surface area contributed by atoms with Crippen molar-refractivity contribution in [3.8, 4) is 0 Å². The van der Waals surface area contributed by atoms with E-state index in [-0.39, 0.29) is 0 Å². The third-order valence-corrected chi connectivity index (χ3v) is 1.05. The lowest BCUT2D eigenvalue weighted by Gasteiger charge is -1.68. The molecule has 42 valence electrons. The van der Waals surface area contributed by atoms with Crippen LogP contribution in [0.4, 0.5) is 0 Å². The minimum Gasteiger partial charge on any atom is -0.404 e. The van der Waals surface area contributed by atoms with Crippen molar-refractivity contribution in [3.63, 3.8) is 0 Å². The standard InChI is InChI=1S/C6H8N2/c1-5-6(4-7)2-3-8-5/h2-4,8H,1,7H2/b6-4-. The molecule has 0 atom stereocenters. The molecule has 0 amide bonds. The van der Waals surface area contributed by atoms with Gasteiger partial charge in [0.15, 0.2) is 0 Å². The normalized spacial score (nSPS) is 12.2. The minimum atomic E-state index is 0.868.